The van der Waals surface area contributed by atoms with Gasteiger partial charge in [0.05, 0.1) is 6.54 Å². The Labute approximate surface area is 141 Å². The van der Waals surface area contributed by atoms with Crippen LogP contribution in [0.15, 0.2) is 29.0 Å². The molecular formula is C16H16F3N5O. The first-order valence-electron chi connectivity index (χ1n) is 8.11. The van der Waals surface area contributed by atoms with Gasteiger partial charge in [-0.3, -0.25) is 0 Å². The summed E-state index contributed by atoms with van der Waals surface area (Å²) in [5, 5.41) is 10.6. The maximum absolute atomic E-state index is 12.8. The molecule has 1 fully saturated rings. The Morgan fingerprint density at radius 3 is 2.80 bits per heavy atom. The van der Waals surface area contributed by atoms with E-state index in [1.807, 2.05) is 6.07 Å². The first kappa shape index (κ1) is 15.9. The molecule has 9 heteroatoms. The molecule has 3 heterocycles. The van der Waals surface area contributed by atoms with Crippen molar-refractivity contribution in [3.8, 4) is 0 Å². The smallest absolute Gasteiger partial charge is 0.362 e. The summed E-state index contributed by atoms with van der Waals surface area (Å²) in [6, 6.07) is 2.88. The molecule has 0 aliphatic heterocycles. The topological polar surface area (TPSA) is 68.2 Å². The van der Waals surface area contributed by atoms with Gasteiger partial charge < -0.3 is 9.84 Å². The molecule has 25 heavy (non-hydrogen) atoms. The molecule has 0 saturated heterocycles. The second-order valence-electron chi connectivity index (χ2n) is 6.19. The van der Waals surface area contributed by atoms with Crippen molar-refractivity contribution in [1.29, 1.82) is 0 Å². The van der Waals surface area contributed by atoms with Crippen molar-refractivity contribution in [2.75, 3.05) is 5.32 Å². The summed E-state index contributed by atoms with van der Waals surface area (Å²) in [4.78, 5) is 4.10. The number of rotatable bonds is 4. The van der Waals surface area contributed by atoms with E-state index in [9.17, 15) is 13.2 Å². The summed E-state index contributed by atoms with van der Waals surface area (Å²) in [5.74, 6) is 1.62. The molecule has 0 aromatic carbocycles. The highest BCUT2D eigenvalue weighted by Crippen LogP contribution is 2.34. The van der Waals surface area contributed by atoms with Gasteiger partial charge in [-0.05, 0) is 12.8 Å². The lowest BCUT2D eigenvalue weighted by Crippen LogP contribution is -2.05. The molecule has 6 nitrogen and oxygen atoms in total. The van der Waals surface area contributed by atoms with E-state index in [4.69, 9.17) is 4.52 Å². The van der Waals surface area contributed by atoms with Crippen LogP contribution >= 0.6 is 0 Å². The molecule has 4 rings (SSSR count). The van der Waals surface area contributed by atoms with Crippen LogP contribution in [0, 0.1) is 0 Å². The molecule has 0 radical (unpaired) electrons. The van der Waals surface area contributed by atoms with E-state index in [-0.39, 0.29) is 5.52 Å². The molecule has 132 valence electrons. The lowest BCUT2D eigenvalue weighted by Gasteiger charge is -2.04. The number of anilines is 1. The average Bonchev–Trinajstić information content (AvgIpc) is 3.29. The molecular weight excluding hydrogens is 335 g/mol. The summed E-state index contributed by atoms with van der Waals surface area (Å²) in [6.07, 6.45) is 2.91. The van der Waals surface area contributed by atoms with Crippen molar-refractivity contribution < 1.29 is 17.7 Å². The fraction of sp³-hybridized carbons (Fsp3) is 0.438. The van der Waals surface area contributed by atoms with Crippen LogP contribution in [0.5, 0.6) is 0 Å². The number of hydrogen-bond donors (Lipinski definition) is 1. The molecule has 3 aromatic heterocycles. The Hall–Kier alpha value is -2.58. The molecule has 1 aliphatic carbocycles. The van der Waals surface area contributed by atoms with Gasteiger partial charge in [-0.2, -0.15) is 18.3 Å². The molecule has 1 aliphatic rings. The molecule has 3 aromatic rings. The number of fused-ring (bicyclic) bond motifs is 1. The van der Waals surface area contributed by atoms with Crippen LogP contribution in [0.1, 0.15) is 48.7 Å². The SMILES string of the molecule is FC(F)(F)c1cc2c(NCc3cc(C4CCCC4)on3)nccn2n1. The summed E-state index contributed by atoms with van der Waals surface area (Å²) in [6.45, 7) is 0.315. The normalized spacial score (nSPS) is 16.0. The Morgan fingerprint density at radius 1 is 1.24 bits per heavy atom. The second kappa shape index (κ2) is 6.05. The minimum atomic E-state index is -4.49. The fourth-order valence-electron chi connectivity index (χ4n) is 3.19. The fourth-order valence-corrected chi connectivity index (χ4v) is 3.19. The Kier molecular flexibility index (Phi) is 3.85. The highest BCUT2D eigenvalue weighted by atomic mass is 19.4. The maximum atomic E-state index is 12.8. The zero-order valence-corrected chi connectivity index (χ0v) is 13.3. The van der Waals surface area contributed by atoms with E-state index in [1.54, 1.807) is 0 Å². The number of aromatic nitrogens is 4. The Bertz CT molecular complexity index is 879. The number of hydrogen-bond acceptors (Lipinski definition) is 5. The number of alkyl halides is 3. The van der Waals surface area contributed by atoms with Crippen molar-refractivity contribution in [1.82, 2.24) is 19.8 Å². The van der Waals surface area contributed by atoms with Gasteiger partial charge in [-0.1, -0.05) is 18.0 Å². The van der Waals surface area contributed by atoms with E-state index >= 15 is 0 Å². The van der Waals surface area contributed by atoms with Crippen molar-refractivity contribution in [2.45, 2.75) is 44.3 Å². The highest BCUT2D eigenvalue weighted by Gasteiger charge is 2.34. The van der Waals surface area contributed by atoms with Crippen LogP contribution in [0.2, 0.25) is 0 Å². The first-order chi connectivity index (χ1) is 12.0. The van der Waals surface area contributed by atoms with Crippen molar-refractivity contribution in [2.24, 2.45) is 0 Å². The van der Waals surface area contributed by atoms with Gasteiger partial charge in [-0.25, -0.2) is 9.50 Å². The van der Waals surface area contributed by atoms with Gasteiger partial charge in [0.1, 0.15) is 17.0 Å². The summed E-state index contributed by atoms with van der Waals surface area (Å²) >= 11 is 0. The zero-order chi connectivity index (χ0) is 17.4. The third-order valence-corrected chi connectivity index (χ3v) is 4.45. The third-order valence-electron chi connectivity index (χ3n) is 4.45. The summed E-state index contributed by atoms with van der Waals surface area (Å²) in [7, 11) is 0. The van der Waals surface area contributed by atoms with E-state index in [0.29, 0.717) is 24.0 Å². The average molecular weight is 351 g/mol. The van der Waals surface area contributed by atoms with E-state index in [1.165, 1.54) is 25.2 Å². The molecule has 0 atom stereocenters. The zero-order valence-electron chi connectivity index (χ0n) is 13.3. The van der Waals surface area contributed by atoms with E-state index < -0.39 is 11.9 Å². The maximum Gasteiger partial charge on any atom is 0.435 e. The monoisotopic (exact) mass is 351 g/mol. The van der Waals surface area contributed by atoms with Crippen molar-refractivity contribution >= 4 is 11.3 Å². The predicted octanol–water partition coefficient (Wildman–Crippen LogP) is 4.01. The lowest BCUT2D eigenvalue weighted by molar-refractivity contribution is -0.141. The van der Waals surface area contributed by atoms with Gasteiger partial charge in [0.25, 0.3) is 0 Å². The Balaban J connectivity index is 1.52. The molecule has 0 bridgehead atoms. The van der Waals surface area contributed by atoms with Crippen LogP contribution in [0.3, 0.4) is 0 Å². The molecule has 1 N–H and O–H groups in total. The quantitative estimate of drug-likeness (QED) is 0.769. The van der Waals surface area contributed by atoms with E-state index in [0.717, 1.165) is 29.2 Å². The third kappa shape index (κ3) is 3.18. The summed E-state index contributed by atoms with van der Waals surface area (Å²) < 4.78 is 45.0. The standard InChI is InChI=1S/C16H16F3N5O/c17-16(18,19)14-8-12-15(20-5-6-24(12)22-14)21-9-11-7-13(25-23-11)10-3-1-2-4-10/h5-8,10H,1-4,9H2,(H,20,21). The predicted molar refractivity (Wildman–Crippen MR) is 83.0 cm³/mol. The van der Waals surface area contributed by atoms with Crippen LogP contribution in [0.25, 0.3) is 5.52 Å². The van der Waals surface area contributed by atoms with Crippen LogP contribution < -0.4 is 5.32 Å². The van der Waals surface area contributed by atoms with Gasteiger partial charge in [0, 0.05) is 30.4 Å². The summed E-state index contributed by atoms with van der Waals surface area (Å²) in [5.41, 5.74) is 0.00380. The molecule has 0 spiro atoms. The van der Waals surface area contributed by atoms with Crippen LogP contribution in [-0.2, 0) is 12.7 Å². The van der Waals surface area contributed by atoms with Crippen LogP contribution in [0.4, 0.5) is 19.0 Å². The molecule has 0 amide bonds. The Morgan fingerprint density at radius 2 is 2.04 bits per heavy atom. The number of halogens is 3. The molecule has 0 unspecified atom stereocenters. The minimum absolute atomic E-state index is 0.259. The van der Waals surface area contributed by atoms with Crippen LogP contribution in [-0.4, -0.2) is 19.8 Å². The van der Waals surface area contributed by atoms with Gasteiger partial charge in [0.2, 0.25) is 0 Å². The largest absolute Gasteiger partial charge is 0.435 e. The van der Waals surface area contributed by atoms with Crippen molar-refractivity contribution in [3.05, 3.63) is 41.7 Å². The molecule has 1 saturated carbocycles. The lowest BCUT2D eigenvalue weighted by atomic mass is 10.1. The number of nitrogens with one attached hydrogen (secondary N) is 1. The second-order valence-corrected chi connectivity index (χ2v) is 6.19. The van der Waals surface area contributed by atoms with Crippen molar-refractivity contribution in [3.63, 3.8) is 0 Å². The van der Waals surface area contributed by atoms with E-state index in [2.05, 4.69) is 20.6 Å². The number of nitrogens with zero attached hydrogens (tertiary/aromatic N) is 4. The van der Waals surface area contributed by atoms with Gasteiger partial charge >= 0.3 is 6.18 Å². The first-order valence-corrected chi connectivity index (χ1v) is 8.11. The van der Waals surface area contributed by atoms with Gasteiger partial charge in [-0.15, -0.1) is 0 Å². The van der Waals surface area contributed by atoms with Gasteiger partial charge in [0.15, 0.2) is 11.5 Å². The minimum Gasteiger partial charge on any atom is -0.362 e. The highest BCUT2D eigenvalue weighted by molar-refractivity contribution is 5.67.